The normalized spacial score (nSPS) is 14.5. The smallest absolute Gasteiger partial charge is 0.263 e. The van der Waals surface area contributed by atoms with Gasteiger partial charge in [0.05, 0.1) is 14.9 Å². The van der Waals surface area contributed by atoms with Crippen LogP contribution in [-0.4, -0.2) is 11.0 Å². The first kappa shape index (κ1) is 16.5. The Labute approximate surface area is 151 Å². The fourth-order valence-corrected chi connectivity index (χ4v) is 3.46. The maximum atomic E-state index is 11.3. The Morgan fingerprint density at radius 2 is 2.00 bits per heavy atom. The third kappa shape index (κ3) is 2.89. The van der Waals surface area contributed by atoms with Crippen molar-refractivity contribution >= 4 is 40.9 Å². The molecule has 0 saturated heterocycles. The van der Waals surface area contributed by atoms with Gasteiger partial charge in [-0.1, -0.05) is 29.3 Å². The van der Waals surface area contributed by atoms with Crippen molar-refractivity contribution in [3.05, 3.63) is 51.0 Å². The third-order valence-electron chi connectivity index (χ3n) is 3.23. The molecule has 0 fully saturated rings. The van der Waals surface area contributed by atoms with Crippen LogP contribution in [0.3, 0.4) is 0 Å². The van der Waals surface area contributed by atoms with E-state index >= 15 is 0 Å². The summed E-state index contributed by atoms with van der Waals surface area (Å²) < 4.78 is 5.66. The molecule has 0 aromatic heterocycles. The number of nitrogens with zero attached hydrogens (tertiary/aromatic N) is 1. The lowest BCUT2D eigenvalue weighted by Gasteiger charge is -2.09. The van der Waals surface area contributed by atoms with Gasteiger partial charge in [0.2, 0.25) is 0 Å². The average molecular weight is 379 g/mol. The number of ether oxygens (including phenoxy) is 1. The molecular weight excluding hydrogens is 371 g/mol. The summed E-state index contributed by atoms with van der Waals surface area (Å²) in [6.45, 7) is 0. The molecule has 8 heteroatoms. The summed E-state index contributed by atoms with van der Waals surface area (Å²) in [5.74, 6) is -0.474. The second kappa shape index (κ2) is 6.29. The van der Waals surface area contributed by atoms with Gasteiger partial charge >= 0.3 is 0 Å². The van der Waals surface area contributed by atoms with Crippen LogP contribution in [0.4, 0.5) is 0 Å². The number of phenolic OH excluding ortho intramolecular Hbond substituents is 1. The largest absolute Gasteiger partial charge is 0.508 e. The van der Waals surface area contributed by atoms with Gasteiger partial charge in [-0.15, -0.1) is 0 Å². The molecule has 0 radical (unpaired) electrons. The first-order valence-corrected chi connectivity index (χ1v) is 8.10. The standard InChI is InChI=1S/C16H8Cl2N2O3S/c17-11-2-1-7(3-12(11)18)9-4-8(21)5-13-14(9)23-16(24-13)10(6-19)15(20)22/h1-5,21H,(H2,20,22)/b16-10-. The number of halogens is 2. The Hall–Kier alpha value is -2.33. The van der Waals surface area contributed by atoms with Crippen LogP contribution in [0.25, 0.3) is 11.1 Å². The lowest BCUT2D eigenvalue weighted by Crippen LogP contribution is -2.15. The zero-order valence-electron chi connectivity index (χ0n) is 11.8. The second-order valence-corrected chi connectivity index (χ2v) is 6.62. The van der Waals surface area contributed by atoms with Gasteiger partial charge in [-0.3, -0.25) is 4.79 Å². The highest BCUT2D eigenvalue weighted by Gasteiger charge is 2.28. The van der Waals surface area contributed by atoms with E-state index < -0.39 is 5.91 Å². The number of benzene rings is 2. The fourth-order valence-electron chi connectivity index (χ4n) is 2.16. The average Bonchev–Trinajstić information content (AvgIpc) is 2.92. The lowest BCUT2D eigenvalue weighted by molar-refractivity contribution is -0.114. The molecule has 0 saturated carbocycles. The number of hydrogen-bond donors (Lipinski definition) is 2. The first-order valence-electron chi connectivity index (χ1n) is 6.53. The predicted octanol–water partition coefficient (Wildman–Crippen LogP) is 4.07. The molecule has 3 rings (SSSR count). The highest BCUT2D eigenvalue weighted by Crippen LogP contribution is 2.51. The summed E-state index contributed by atoms with van der Waals surface area (Å²) in [5.41, 5.74) is 6.11. The number of carbonyl (C=O) groups is 1. The van der Waals surface area contributed by atoms with Crippen molar-refractivity contribution in [2.24, 2.45) is 5.73 Å². The van der Waals surface area contributed by atoms with Crippen LogP contribution in [0.2, 0.25) is 10.0 Å². The van der Waals surface area contributed by atoms with Crippen molar-refractivity contribution in [2.75, 3.05) is 0 Å². The minimum absolute atomic E-state index is 0.00440. The van der Waals surface area contributed by atoms with Crippen LogP contribution in [0, 0.1) is 11.3 Å². The maximum Gasteiger partial charge on any atom is 0.263 e. The van der Waals surface area contributed by atoms with Gasteiger partial charge in [0.25, 0.3) is 5.91 Å². The van der Waals surface area contributed by atoms with E-state index in [2.05, 4.69) is 0 Å². The summed E-state index contributed by atoms with van der Waals surface area (Å²) in [4.78, 5) is 11.9. The molecule has 1 aliphatic heterocycles. The maximum absolute atomic E-state index is 11.3. The molecule has 120 valence electrons. The SMILES string of the molecule is N#C/C(C(N)=O)=C1\Oc2c(cc(O)cc2-c2ccc(Cl)c(Cl)c2)S1. The van der Waals surface area contributed by atoms with E-state index in [9.17, 15) is 9.90 Å². The van der Waals surface area contributed by atoms with Crippen LogP contribution >= 0.6 is 35.0 Å². The van der Waals surface area contributed by atoms with Crippen molar-refractivity contribution in [1.29, 1.82) is 5.26 Å². The van der Waals surface area contributed by atoms with Gasteiger partial charge in [0, 0.05) is 5.56 Å². The zero-order valence-corrected chi connectivity index (χ0v) is 14.2. The number of nitriles is 1. The van der Waals surface area contributed by atoms with Crippen molar-refractivity contribution in [3.8, 4) is 28.7 Å². The van der Waals surface area contributed by atoms with Crippen LogP contribution in [0.5, 0.6) is 11.5 Å². The quantitative estimate of drug-likeness (QED) is 0.606. The monoisotopic (exact) mass is 378 g/mol. The molecule has 1 amide bonds. The fraction of sp³-hybridized carbons (Fsp3) is 0. The molecule has 2 aromatic carbocycles. The minimum Gasteiger partial charge on any atom is -0.508 e. The molecule has 0 unspecified atom stereocenters. The van der Waals surface area contributed by atoms with Gasteiger partial charge in [-0.2, -0.15) is 5.26 Å². The van der Waals surface area contributed by atoms with Crippen molar-refractivity contribution < 1.29 is 14.6 Å². The summed E-state index contributed by atoms with van der Waals surface area (Å²) >= 11 is 13.0. The van der Waals surface area contributed by atoms with E-state index in [1.54, 1.807) is 24.3 Å². The number of hydrogen-bond acceptors (Lipinski definition) is 5. The van der Waals surface area contributed by atoms with E-state index in [0.29, 0.717) is 31.8 Å². The number of aromatic hydroxyl groups is 1. The molecule has 1 aliphatic rings. The zero-order chi connectivity index (χ0) is 17.4. The van der Waals surface area contributed by atoms with E-state index in [1.165, 1.54) is 12.1 Å². The molecule has 3 N–H and O–H groups in total. The van der Waals surface area contributed by atoms with E-state index in [0.717, 1.165) is 11.8 Å². The number of carbonyl (C=O) groups excluding carboxylic acids is 1. The van der Waals surface area contributed by atoms with Crippen molar-refractivity contribution in [3.63, 3.8) is 0 Å². The van der Waals surface area contributed by atoms with Crippen molar-refractivity contribution in [1.82, 2.24) is 0 Å². The summed E-state index contributed by atoms with van der Waals surface area (Å²) in [5, 5.41) is 19.8. The van der Waals surface area contributed by atoms with E-state index in [4.69, 9.17) is 38.9 Å². The molecule has 24 heavy (non-hydrogen) atoms. The van der Waals surface area contributed by atoms with E-state index in [1.807, 2.05) is 0 Å². The second-order valence-electron chi connectivity index (χ2n) is 4.79. The Bertz CT molecular complexity index is 951. The topological polar surface area (TPSA) is 96.3 Å². The van der Waals surface area contributed by atoms with Crippen LogP contribution < -0.4 is 10.5 Å². The van der Waals surface area contributed by atoms with Gasteiger partial charge in [0.1, 0.15) is 17.6 Å². The Kier molecular flexibility index (Phi) is 4.33. The van der Waals surface area contributed by atoms with Crippen LogP contribution in [0.15, 0.2) is 45.9 Å². The van der Waals surface area contributed by atoms with Crippen LogP contribution in [-0.2, 0) is 4.79 Å². The summed E-state index contributed by atoms with van der Waals surface area (Å²) in [6.07, 6.45) is 0. The number of thioether (sulfide) groups is 1. The Balaban J connectivity index is 2.16. The minimum atomic E-state index is -0.881. The molecule has 5 nitrogen and oxygen atoms in total. The van der Waals surface area contributed by atoms with Gasteiger partial charge < -0.3 is 15.6 Å². The molecule has 0 spiro atoms. The first-order chi connectivity index (χ1) is 11.4. The predicted molar refractivity (Wildman–Crippen MR) is 91.9 cm³/mol. The van der Waals surface area contributed by atoms with Crippen molar-refractivity contribution in [2.45, 2.75) is 4.90 Å². The number of rotatable bonds is 2. The third-order valence-corrected chi connectivity index (χ3v) is 4.97. The molecule has 0 bridgehead atoms. The number of primary amides is 1. The highest BCUT2D eigenvalue weighted by molar-refractivity contribution is 8.03. The number of phenols is 1. The molecular formula is C16H8Cl2N2O3S. The molecule has 2 aromatic rings. The van der Waals surface area contributed by atoms with Gasteiger partial charge in [0.15, 0.2) is 10.7 Å². The summed E-state index contributed by atoms with van der Waals surface area (Å²) in [7, 11) is 0. The summed E-state index contributed by atoms with van der Waals surface area (Å²) in [6, 6.07) is 9.68. The van der Waals surface area contributed by atoms with E-state index in [-0.39, 0.29) is 16.4 Å². The number of nitrogens with two attached hydrogens (primary N) is 1. The highest BCUT2D eigenvalue weighted by atomic mass is 35.5. The van der Waals surface area contributed by atoms with Gasteiger partial charge in [-0.05, 0) is 41.6 Å². The lowest BCUT2D eigenvalue weighted by atomic mass is 10.0. The molecule has 1 heterocycles. The Morgan fingerprint density at radius 1 is 1.25 bits per heavy atom. The van der Waals surface area contributed by atoms with Gasteiger partial charge in [-0.25, -0.2) is 0 Å². The van der Waals surface area contributed by atoms with Crippen LogP contribution in [0.1, 0.15) is 0 Å². The number of fused-ring (bicyclic) bond motifs is 1. The Morgan fingerprint density at radius 3 is 2.62 bits per heavy atom. The molecule has 0 atom stereocenters. The number of amides is 1. The molecule has 0 aliphatic carbocycles.